The highest BCUT2D eigenvalue weighted by Gasteiger charge is 2.16. The molecule has 0 amide bonds. The van der Waals surface area contributed by atoms with Gasteiger partial charge in [0.2, 0.25) is 5.12 Å². The van der Waals surface area contributed by atoms with Gasteiger partial charge in [-0.25, -0.2) is 0 Å². The highest BCUT2D eigenvalue weighted by atomic mass is 35.5. The van der Waals surface area contributed by atoms with Gasteiger partial charge in [-0.15, -0.1) is 0 Å². The first-order valence-electron chi connectivity index (χ1n) is 4.53. The Morgan fingerprint density at radius 1 is 1.47 bits per heavy atom. The van der Waals surface area contributed by atoms with E-state index in [9.17, 15) is 9.90 Å². The van der Waals surface area contributed by atoms with Crippen LogP contribution in [0.3, 0.4) is 0 Å². The second kappa shape index (κ2) is 7.28. The third kappa shape index (κ3) is 10.3. The maximum absolute atomic E-state index is 11.2. The molecule has 15 heavy (non-hydrogen) atoms. The Bertz CT molecular complexity index is 226. The highest BCUT2D eigenvalue weighted by Crippen LogP contribution is 2.11. The molecule has 0 bridgehead atoms. The summed E-state index contributed by atoms with van der Waals surface area (Å²) in [5, 5.41) is 9.56. The van der Waals surface area contributed by atoms with E-state index in [2.05, 4.69) is 6.58 Å². The molecular formula is C10H20ClNO2S. The Kier molecular flexibility index (Phi) is 8.43. The van der Waals surface area contributed by atoms with Crippen LogP contribution >= 0.6 is 11.8 Å². The molecule has 0 saturated heterocycles. The fraction of sp³-hybridized carbons (Fsp3) is 0.700. The summed E-state index contributed by atoms with van der Waals surface area (Å²) in [7, 11) is 6.03. The standard InChI is InChI=1S/C10H20NO2S.ClH/c1-8(2)10(13)14-7-9(12)6-11(3,4)5;/h9,12H,1,6-7H2,2-5H3;1H/q+1;/p-1. The minimum atomic E-state index is -0.441. The quantitative estimate of drug-likeness (QED) is 0.450. The Balaban J connectivity index is 0. The maximum Gasteiger partial charge on any atom is 0.214 e. The molecule has 0 rings (SSSR count). The molecule has 0 fully saturated rings. The first-order chi connectivity index (χ1) is 6.22. The molecule has 5 heteroatoms. The summed E-state index contributed by atoms with van der Waals surface area (Å²) in [6.45, 7) is 5.88. The minimum Gasteiger partial charge on any atom is -1.00 e. The highest BCUT2D eigenvalue weighted by molar-refractivity contribution is 8.14. The van der Waals surface area contributed by atoms with Crippen molar-refractivity contribution in [1.82, 2.24) is 0 Å². The van der Waals surface area contributed by atoms with E-state index in [0.29, 0.717) is 22.4 Å². The van der Waals surface area contributed by atoms with Crippen molar-refractivity contribution in [3.05, 3.63) is 12.2 Å². The van der Waals surface area contributed by atoms with E-state index >= 15 is 0 Å². The first-order valence-corrected chi connectivity index (χ1v) is 5.52. The van der Waals surface area contributed by atoms with Crippen LogP contribution in [0, 0.1) is 0 Å². The Hall–Kier alpha value is -0.0300. The third-order valence-corrected chi connectivity index (χ3v) is 2.68. The molecule has 1 atom stereocenters. The zero-order valence-electron chi connectivity index (χ0n) is 9.79. The molecule has 1 N–H and O–H groups in total. The molecule has 0 aromatic carbocycles. The van der Waals surface area contributed by atoms with Gasteiger partial charge in [-0.05, 0) is 12.5 Å². The Labute approximate surface area is 103 Å². The fourth-order valence-corrected chi connectivity index (χ4v) is 1.68. The lowest BCUT2D eigenvalue weighted by molar-refractivity contribution is -0.873. The number of carbonyl (C=O) groups is 1. The normalized spacial score (nSPS) is 12.9. The van der Waals surface area contributed by atoms with Gasteiger partial charge in [0.25, 0.3) is 0 Å². The molecule has 0 aliphatic carbocycles. The summed E-state index contributed by atoms with van der Waals surface area (Å²) >= 11 is 1.13. The number of likely N-dealkylation sites (N-methyl/N-ethyl adjacent to an activating group) is 1. The zero-order valence-corrected chi connectivity index (χ0v) is 11.4. The summed E-state index contributed by atoms with van der Waals surface area (Å²) in [5.74, 6) is 0.446. The van der Waals surface area contributed by atoms with Gasteiger partial charge in [0, 0.05) is 5.75 Å². The van der Waals surface area contributed by atoms with Gasteiger partial charge in [0.1, 0.15) is 12.6 Å². The number of hydrogen-bond acceptors (Lipinski definition) is 3. The predicted molar refractivity (Wildman–Crippen MR) is 61.2 cm³/mol. The Morgan fingerprint density at radius 2 is 1.93 bits per heavy atom. The van der Waals surface area contributed by atoms with Gasteiger partial charge in [-0.3, -0.25) is 4.79 Å². The average molecular weight is 254 g/mol. The summed E-state index contributed by atoms with van der Waals surface area (Å²) in [5.41, 5.74) is 0.535. The van der Waals surface area contributed by atoms with E-state index in [1.165, 1.54) is 0 Å². The van der Waals surface area contributed by atoms with Crippen molar-refractivity contribution in [2.75, 3.05) is 33.4 Å². The average Bonchev–Trinajstić information content (AvgIpc) is 1.96. The van der Waals surface area contributed by atoms with Crippen molar-refractivity contribution in [2.24, 2.45) is 0 Å². The van der Waals surface area contributed by atoms with Crippen LogP contribution in [0.5, 0.6) is 0 Å². The molecule has 0 aromatic heterocycles. The number of aliphatic hydroxyl groups excluding tert-OH is 1. The van der Waals surface area contributed by atoms with Crippen molar-refractivity contribution in [1.29, 1.82) is 0 Å². The molecule has 0 spiro atoms. The van der Waals surface area contributed by atoms with Crippen LogP contribution in [0.4, 0.5) is 0 Å². The van der Waals surface area contributed by atoms with Crippen LogP contribution in [0.25, 0.3) is 0 Å². The van der Waals surface area contributed by atoms with Gasteiger partial charge < -0.3 is 22.0 Å². The zero-order chi connectivity index (χ0) is 11.4. The van der Waals surface area contributed by atoms with Crippen LogP contribution in [-0.2, 0) is 4.79 Å². The second-order valence-electron chi connectivity index (χ2n) is 4.51. The number of carbonyl (C=O) groups excluding carboxylic acids is 1. The van der Waals surface area contributed by atoms with Gasteiger partial charge in [0.05, 0.1) is 21.1 Å². The van der Waals surface area contributed by atoms with E-state index in [0.717, 1.165) is 11.8 Å². The second-order valence-corrected chi connectivity index (χ2v) is 5.50. The van der Waals surface area contributed by atoms with Crippen molar-refractivity contribution in [2.45, 2.75) is 13.0 Å². The lowest BCUT2D eigenvalue weighted by Gasteiger charge is -2.26. The summed E-state index contributed by atoms with van der Waals surface area (Å²) in [4.78, 5) is 11.2. The van der Waals surface area contributed by atoms with Crippen molar-refractivity contribution >= 4 is 16.9 Å². The predicted octanol–water partition coefficient (Wildman–Crippen LogP) is -2.11. The molecule has 90 valence electrons. The third-order valence-electron chi connectivity index (χ3n) is 1.51. The van der Waals surface area contributed by atoms with Crippen LogP contribution in [0.15, 0.2) is 12.2 Å². The van der Waals surface area contributed by atoms with Crippen LogP contribution in [0.2, 0.25) is 0 Å². The van der Waals surface area contributed by atoms with Gasteiger partial charge in [-0.1, -0.05) is 18.3 Å². The Morgan fingerprint density at radius 3 is 2.27 bits per heavy atom. The largest absolute Gasteiger partial charge is 1.00 e. The van der Waals surface area contributed by atoms with Crippen molar-refractivity contribution in [3.63, 3.8) is 0 Å². The number of halogens is 1. The summed E-state index contributed by atoms with van der Waals surface area (Å²) in [6, 6.07) is 0. The van der Waals surface area contributed by atoms with Crippen molar-refractivity contribution < 1.29 is 26.8 Å². The maximum atomic E-state index is 11.2. The van der Waals surface area contributed by atoms with Gasteiger partial charge in [0.15, 0.2) is 0 Å². The smallest absolute Gasteiger partial charge is 0.214 e. The topological polar surface area (TPSA) is 37.3 Å². The molecule has 0 aliphatic rings. The molecule has 0 saturated carbocycles. The molecule has 1 unspecified atom stereocenters. The van der Waals surface area contributed by atoms with Crippen LogP contribution in [0.1, 0.15) is 6.92 Å². The number of aliphatic hydroxyl groups is 1. The molecule has 0 aliphatic heterocycles. The van der Waals surface area contributed by atoms with E-state index in [1.54, 1.807) is 6.92 Å². The van der Waals surface area contributed by atoms with E-state index in [1.807, 2.05) is 21.1 Å². The molecule has 0 heterocycles. The number of quaternary nitrogens is 1. The summed E-state index contributed by atoms with van der Waals surface area (Å²) < 4.78 is 0.697. The number of hydrogen-bond donors (Lipinski definition) is 1. The van der Waals surface area contributed by atoms with E-state index < -0.39 is 6.10 Å². The first kappa shape index (κ1) is 17.4. The molecule has 0 radical (unpaired) electrons. The molecule has 3 nitrogen and oxygen atoms in total. The van der Waals surface area contributed by atoms with Gasteiger partial charge >= 0.3 is 0 Å². The van der Waals surface area contributed by atoms with E-state index in [-0.39, 0.29) is 17.5 Å². The number of rotatable bonds is 5. The van der Waals surface area contributed by atoms with Crippen LogP contribution < -0.4 is 12.4 Å². The number of thioether (sulfide) groups is 1. The minimum absolute atomic E-state index is 0. The lowest BCUT2D eigenvalue weighted by Crippen LogP contribution is -3.00. The fourth-order valence-electron chi connectivity index (χ4n) is 0.980. The van der Waals surface area contributed by atoms with Crippen LogP contribution in [-0.4, -0.2) is 54.2 Å². The summed E-state index contributed by atoms with van der Waals surface area (Å²) in [6.07, 6.45) is -0.441. The number of nitrogens with zero attached hydrogens (tertiary/aromatic N) is 1. The SMILES string of the molecule is C=C(C)C(=O)SCC(O)C[N+](C)(C)C.[Cl-]. The molecule has 0 aromatic rings. The van der Waals surface area contributed by atoms with Gasteiger partial charge in [-0.2, -0.15) is 0 Å². The van der Waals surface area contributed by atoms with Crippen molar-refractivity contribution in [3.8, 4) is 0 Å². The molecular weight excluding hydrogens is 234 g/mol. The van der Waals surface area contributed by atoms with E-state index in [4.69, 9.17) is 0 Å². The monoisotopic (exact) mass is 253 g/mol. The lowest BCUT2D eigenvalue weighted by atomic mass is 10.3.